The maximum absolute atomic E-state index is 12.3. The molecular formula is C18H16N6O2. The second-order valence-electron chi connectivity index (χ2n) is 5.83. The van der Waals surface area contributed by atoms with Crippen molar-refractivity contribution in [3.63, 3.8) is 0 Å². The Morgan fingerprint density at radius 2 is 2.12 bits per heavy atom. The van der Waals surface area contributed by atoms with Crippen molar-refractivity contribution in [2.45, 2.75) is 19.1 Å². The predicted molar refractivity (Wildman–Crippen MR) is 94.3 cm³/mol. The van der Waals surface area contributed by atoms with Crippen LogP contribution < -0.4 is 5.32 Å². The highest BCUT2D eigenvalue weighted by Gasteiger charge is 2.27. The molecule has 1 aliphatic heterocycles. The third kappa shape index (κ3) is 3.59. The van der Waals surface area contributed by atoms with Gasteiger partial charge in [-0.3, -0.25) is 15.1 Å². The lowest BCUT2D eigenvalue weighted by atomic mass is 10.0. The number of hydrogen-bond donors (Lipinski definition) is 1. The average molecular weight is 348 g/mol. The summed E-state index contributed by atoms with van der Waals surface area (Å²) in [7, 11) is 0. The van der Waals surface area contributed by atoms with Crippen molar-refractivity contribution in [1.29, 1.82) is 0 Å². The number of pyridine rings is 1. The van der Waals surface area contributed by atoms with Gasteiger partial charge in [0, 0.05) is 18.8 Å². The maximum Gasteiger partial charge on any atom is 0.276 e. The predicted octanol–water partition coefficient (Wildman–Crippen LogP) is 2.18. The fourth-order valence-corrected chi connectivity index (χ4v) is 2.64. The summed E-state index contributed by atoms with van der Waals surface area (Å²) in [6.07, 6.45) is 5.19. The second kappa shape index (κ2) is 7.14. The average Bonchev–Trinajstić information content (AvgIpc) is 3.33. The molecular weight excluding hydrogens is 332 g/mol. The quantitative estimate of drug-likeness (QED) is 0.763. The summed E-state index contributed by atoms with van der Waals surface area (Å²) in [5.41, 5.74) is 2.30. The van der Waals surface area contributed by atoms with Gasteiger partial charge in [-0.05, 0) is 17.2 Å². The molecule has 4 rings (SSSR count). The molecule has 1 amide bonds. The van der Waals surface area contributed by atoms with Crippen LogP contribution in [-0.2, 0) is 16.2 Å². The number of anilines is 1. The Morgan fingerprint density at radius 1 is 1.23 bits per heavy atom. The number of rotatable bonds is 5. The molecule has 0 saturated heterocycles. The first kappa shape index (κ1) is 15.9. The zero-order valence-corrected chi connectivity index (χ0v) is 13.8. The van der Waals surface area contributed by atoms with Gasteiger partial charge < -0.3 is 4.84 Å². The van der Waals surface area contributed by atoms with Crippen LogP contribution in [-0.4, -0.2) is 31.4 Å². The van der Waals surface area contributed by atoms with Gasteiger partial charge in [0.25, 0.3) is 5.91 Å². The third-order valence-corrected chi connectivity index (χ3v) is 3.93. The summed E-state index contributed by atoms with van der Waals surface area (Å²) < 4.78 is 1.63. The first-order chi connectivity index (χ1) is 12.8. The minimum absolute atomic E-state index is 0.227. The zero-order valence-electron chi connectivity index (χ0n) is 13.8. The topological polar surface area (TPSA) is 94.3 Å². The summed E-state index contributed by atoms with van der Waals surface area (Å²) in [5.74, 6) is -0.132. The van der Waals surface area contributed by atoms with E-state index in [1.54, 1.807) is 23.4 Å². The van der Waals surface area contributed by atoms with Crippen molar-refractivity contribution in [1.82, 2.24) is 19.7 Å². The van der Waals surface area contributed by atoms with Crippen LogP contribution in [0.15, 0.2) is 66.3 Å². The van der Waals surface area contributed by atoms with Crippen molar-refractivity contribution in [3.8, 4) is 0 Å². The SMILES string of the molecule is O=C(Nc1ncn(Cc2cccnc2)n1)C1=NO[C@H](c2ccccc2)C1. The standard InChI is InChI=1S/C18H16N6O2/c25-17(15-9-16(26-23-15)14-6-2-1-3-7-14)21-18-20-12-24(22-18)11-13-5-4-8-19-10-13/h1-8,10,12,16H,9,11H2,(H,21,22,25)/t16-/m0/s1. The summed E-state index contributed by atoms with van der Waals surface area (Å²) in [6, 6.07) is 13.5. The van der Waals surface area contributed by atoms with Crippen LogP contribution in [0, 0.1) is 0 Å². The van der Waals surface area contributed by atoms with E-state index in [0.29, 0.717) is 18.7 Å². The Kier molecular flexibility index (Phi) is 4.38. The van der Waals surface area contributed by atoms with Crippen LogP contribution >= 0.6 is 0 Å². The monoisotopic (exact) mass is 348 g/mol. The molecule has 0 spiro atoms. The van der Waals surface area contributed by atoms with Gasteiger partial charge in [0.15, 0.2) is 6.10 Å². The number of hydrogen-bond acceptors (Lipinski definition) is 6. The summed E-state index contributed by atoms with van der Waals surface area (Å²) >= 11 is 0. The molecule has 1 aliphatic rings. The lowest BCUT2D eigenvalue weighted by molar-refractivity contribution is -0.110. The number of carbonyl (C=O) groups excluding carboxylic acids is 1. The minimum atomic E-state index is -0.359. The first-order valence-electron chi connectivity index (χ1n) is 8.15. The van der Waals surface area contributed by atoms with E-state index in [9.17, 15) is 4.79 Å². The van der Waals surface area contributed by atoms with E-state index in [1.165, 1.54) is 0 Å². The summed E-state index contributed by atoms with van der Waals surface area (Å²) in [6.45, 7) is 0.525. The van der Waals surface area contributed by atoms with Crippen LogP contribution in [0.3, 0.4) is 0 Å². The van der Waals surface area contributed by atoms with Crippen molar-refractivity contribution in [3.05, 3.63) is 72.3 Å². The lowest BCUT2D eigenvalue weighted by Gasteiger charge is -2.07. The molecule has 1 atom stereocenters. The van der Waals surface area contributed by atoms with Gasteiger partial charge in [-0.2, -0.15) is 0 Å². The Hall–Kier alpha value is -3.55. The van der Waals surface area contributed by atoms with E-state index in [2.05, 4.69) is 25.5 Å². The molecule has 8 nitrogen and oxygen atoms in total. The normalized spacial score (nSPS) is 16.0. The van der Waals surface area contributed by atoms with Crippen LogP contribution in [0.5, 0.6) is 0 Å². The molecule has 1 aromatic carbocycles. The fraction of sp³-hybridized carbons (Fsp3) is 0.167. The summed E-state index contributed by atoms with van der Waals surface area (Å²) in [5, 5.41) is 10.8. The molecule has 0 radical (unpaired) electrons. The Bertz CT molecular complexity index is 923. The minimum Gasteiger partial charge on any atom is -0.387 e. The molecule has 3 aromatic rings. The van der Waals surface area contributed by atoms with Gasteiger partial charge >= 0.3 is 0 Å². The fourth-order valence-electron chi connectivity index (χ4n) is 2.64. The van der Waals surface area contributed by atoms with E-state index < -0.39 is 0 Å². The number of benzene rings is 1. The number of aromatic nitrogens is 4. The van der Waals surface area contributed by atoms with Crippen molar-refractivity contribution >= 4 is 17.6 Å². The largest absolute Gasteiger partial charge is 0.387 e. The number of nitrogens with zero attached hydrogens (tertiary/aromatic N) is 5. The molecule has 2 aromatic heterocycles. The molecule has 0 fully saturated rings. The third-order valence-electron chi connectivity index (χ3n) is 3.93. The molecule has 8 heteroatoms. The van der Waals surface area contributed by atoms with E-state index in [0.717, 1.165) is 11.1 Å². The van der Waals surface area contributed by atoms with Crippen LogP contribution in [0.1, 0.15) is 23.7 Å². The second-order valence-corrected chi connectivity index (χ2v) is 5.83. The molecule has 0 aliphatic carbocycles. The molecule has 1 N–H and O–H groups in total. The van der Waals surface area contributed by atoms with Crippen LogP contribution in [0.25, 0.3) is 0 Å². The zero-order chi connectivity index (χ0) is 17.8. The van der Waals surface area contributed by atoms with Gasteiger partial charge in [0.1, 0.15) is 12.0 Å². The highest BCUT2D eigenvalue weighted by atomic mass is 16.6. The highest BCUT2D eigenvalue weighted by Crippen LogP contribution is 2.27. The molecule has 0 unspecified atom stereocenters. The van der Waals surface area contributed by atoms with E-state index in [-0.39, 0.29) is 18.0 Å². The van der Waals surface area contributed by atoms with E-state index >= 15 is 0 Å². The number of amides is 1. The first-order valence-corrected chi connectivity index (χ1v) is 8.15. The van der Waals surface area contributed by atoms with Gasteiger partial charge in [0.2, 0.25) is 5.95 Å². The molecule has 0 saturated carbocycles. The highest BCUT2D eigenvalue weighted by molar-refractivity contribution is 6.43. The molecule has 26 heavy (non-hydrogen) atoms. The number of nitrogens with one attached hydrogen (secondary N) is 1. The lowest BCUT2D eigenvalue weighted by Crippen LogP contribution is -2.22. The van der Waals surface area contributed by atoms with Crippen LogP contribution in [0.4, 0.5) is 5.95 Å². The van der Waals surface area contributed by atoms with E-state index in [4.69, 9.17) is 4.84 Å². The van der Waals surface area contributed by atoms with Gasteiger partial charge in [-0.15, -0.1) is 5.10 Å². The molecule has 3 heterocycles. The van der Waals surface area contributed by atoms with E-state index in [1.807, 2.05) is 42.5 Å². The van der Waals surface area contributed by atoms with Gasteiger partial charge in [-0.25, -0.2) is 9.67 Å². The number of oxime groups is 1. The molecule has 130 valence electrons. The Morgan fingerprint density at radius 3 is 2.92 bits per heavy atom. The van der Waals surface area contributed by atoms with Gasteiger partial charge in [-0.1, -0.05) is 41.6 Å². The summed E-state index contributed by atoms with van der Waals surface area (Å²) in [4.78, 5) is 25.9. The maximum atomic E-state index is 12.3. The van der Waals surface area contributed by atoms with Crippen molar-refractivity contribution in [2.75, 3.05) is 5.32 Å². The van der Waals surface area contributed by atoms with Gasteiger partial charge in [0.05, 0.1) is 6.54 Å². The van der Waals surface area contributed by atoms with Crippen molar-refractivity contribution in [2.24, 2.45) is 5.16 Å². The molecule has 0 bridgehead atoms. The van der Waals surface area contributed by atoms with Crippen LogP contribution in [0.2, 0.25) is 0 Å². The number of carbonyl (C=O) groups is 1. The smallest absolute Gasteiger partial charge is 0.276 e. The van der Waals surface area contributed by atoms with Crippen molar-refractivity contribution < 1.29 is 9.63 Å². The Labute approximate surface area is 149 Å². The Balaban J connectivity index is 1.35.